The molecular weight excluding hydrogens is 427 g/mol. The number of ether oxygens (including phenoxy) is 1. The second-order valence-corrected chi connectivity index (χ2v) is 7.30. The Kier molecular flexibility index (Phi) is 6.75. The molecule has 0 saturated carbocycles. The Bertz CT molecular complexity index is 1130. The molecule has 3 rings (SSSR count). The quantitative estimate of drug-likeness (QED) is 0.516. The van der Waals surface area contributed by atoms with Crippen LogP contribution in [0.5, 0.6) is 0 Å². The summed E-state index contributed by atoms with van der Waals surface area (Å²) in [6, 6.07) is 9.39. The summed E-state index contributed by atoms with van der Waals surface area (Å²) in [5.41, 5.74) is 2.37. The maximum Gasteiger partial charge on any atom is 0.453 e. The Hall–Kier alpha value is -3.50. The van der Waals surface area contributed by atoms with Crippen molar-refractivity contribution < 1.29 is 27.5 Å². The van der Waals surface area contributed by atoms with Gasteiger partial charge in [-0.25, -0.2) is 9.50 Å². The van der Waals surface area contributed by atoms with Crippen LogP contribution >= 0.6 is 0 Å². The average Bonchev–Trinajstić information content (AvgIpc) is 3.17. The second-order valence-electron chi connectivity index (χ2n) is 7.30. The molecule has 0 aliphatic heterocycles. The Morgan fingerprint density at radius 2 is 1.81 bits per heavy atom. The second kappa shape index (κ2) is 9.33. The van der Waals surface area contributed by atoms with Crippen LogP contribution in [-0.2, 0) is 33.5 Å². The molecule has 1 amide bonds. The van der Waals surface area contributed by atoms with Gasteiger partial charge in [-0.15, -0.1) is 5.10 Å². The minimum atomic E-state index is -4.68. The predicted molar refractivity (Wildman–Crippen MR) is 107 cm³/mol. The number of likely N-dealkylation sites (N-methyl/N-ethyl adjacent to an activating group) is 1. The molecule has 0 spiro atoms. The Morgan fingerprint density at radius 1 is 1.12 bits per heavy atom. The summed E-state index contributed by atoms with van der Waals surface area (Å²) < 4.78 is 44.7. The van der Waals surface area contributed by atoms with Crippen LogP contribution in [0.2, 0.25) is 0 Å². The molecule has 0 atom stereocenters. The number of aromatic nitrogens is 4. The highest BCUT2D eigenvalue weighted by molar-refractivity contribution is 5.80. The number of carbonyl (C=O) groups excluding carboxylic acids is 2. The molecule has 0 saturated heterocycles. The number of hydrogen-bond donors (Lipinski definition) is 0. The molecule has 8 nitrogen and oxygen atoms in total. The zero-order chi connectivity index (χ0) is 23.5. The average molecular weight is 449 g/mol. The van der Waals surface area contributed by atoms with Crippen molar-refractivity contribution in [1.82, 2.24) is 24.5 Å². The van der Waals surface area contributed by atoms with Gasteiger partial charge in [0.15, 0.2) is 6.61 Å². The van der Waals surface area contributed by atoms with E-state index in [2.05, 4.69) is 15.1 Å². The van der Waals surface area contributed by atoms with Gasteiger partial charge in [-0.05, 0) is 31.4 Å². The molecule has 170 valence electrons. The molecule has 3 aromatic rings. The molecular formula is C21H22F3N5O3. The van der Waals surface area contributed by atoms with E-state index < -0.39 is 24.6 Å². The van der Waals surface area contributed by atoms with E-state index in [1.165, 1.54) is 4.90 Å². The van der Waals surface area contributed by atoms with Gasteiger partial charge in [-0.1, -0.05) is 30.3 Å². The van der Waals surface area contributed by atoms with Gasteiger partial charge in [0.2, 0.25) is 0 Å². The third-order valence-corrected chi connectivity index (χ3v) is 4.93. The van der Waals surface area contributed by atoms with E-state index in [1.54, 1.807) is 20.9 Å². The van der Waals surface area contributed by atoms with Crippen LogP contribution in [0.3, 0.4) is 0 Å². The normalized spacial score (nSPS) is 11.6. The maximum atomic E-state index is 12.9. The van der Waals surface area contributed by atoms with Crippen LogP contribution in [0, 0.1) is 13.8 Å². The van der Waals surface area contributed by atoms with Gasteiger partial charge < -0.3 is 9.64 Å². The summed E-state index contributed by atoms with van der Waals surface area (Å²) in [7, 11) is 1.62. The summed E-state index contributed by atoms with van der Waals surface area (Å²) in [6.45, 7) is 3.20. The molecule has 0 radical (unpaired) electrons. The van der Waals surface area contributed by atoms with Gasteiger partial charge in [-0.3, -0.25) is 9.59 Å². The van der Waals surface area contributed by atoms with Crippen molar-refractivity contribution in [3.63, 3.8) is 0 Å². The lowest BCUT2D eigenvalue weighted by molar-refractivity contribution is -0.151. The number of rotatable bonds is 7. The van der Waals surface area contributed by atoms with Crippen LogP contribution in [0.4, 0.5) is 13.2 Å². The molecule has 0 bridgehead atoms. The zero-order valence-electron chi connectivity index (χ0n) is 17.8. The van der Waals surface area contributed by atoms with Gasteiger partial charge in [0.25, 0.3) is 17.5 Å². The van der Waals surface area contributed by atoms with E-state index in [1.807, 2.05) is 30.3 Å². The van der Waals surface area contributed by atoms with Gasteiger partial charge >= 0.3 is 12.1 Å². The first kappa shape index (κ1) is 23.2. The van der Waals surface area contributed by atoms with E-state index in [0.29, 0.717) is 23.5 Å². The van der Waals surface area contributed by atoms with Crippen molar-refractivity contribution in [2.45, 2.75) is 39.4 Å². The lowest BCUT2D eigenvalue weighted by atomic mass is 10.1. The summed E-state index contributed by atoms with van der Waals surface area (Å²) in [5, 5.41) is 3.48. The van der Waals surface area contributed by atoms with E-state index in [0.717, 1.165) is 10.1 Å². The molecule has 2 aromatic heterocycles. The number of amides is 1. The van der Waals surface area contributed by atoms with Crippen LogP contribution < -0.4 is 0 Å². The third kappa shape index (κ3) is 5.40. The molecule has 32 heavy (non-hydrogen) atoms. The first-order valence-electron chi connectivity index (χ1n) is 9.80. The minimum Gasteiger partial charge on any atom is -0.456 e. The number of benzene rings is 1. The smallest absolute Gasteiger partial charge is 0.453 e. The fourth-order valence-electron chi connectivity index (χ4n) is 3.19. The minimum absolute atomic E-state index is 0.0641. The van der Waals surface area contributed by atoms with Crippen LogP contribution in [0.25, 0.3) is 5.78 Å². The fourth-order valence-corrected chi connectivity index (χ4v) is 3.19. The Balaban J connectivity index is 1.58. The SMILES string of the molecule is Cc1nc2nc(C(F)(F)F)nn2c(C)c1CCC(=O)OCC(=O)N(C)Cc1ccccc1. The van der Waals surface area contributed by atoms with Crippen molar-refractivity contribution in [2.24, 2.45) is 0 Å². The first-order chi connectivity index (χ1) is 15.1. The van der Waals surface area contributed by atoms with Crippen molar-refractivity contribution in [2.75, 3.05) is 13.7 Å². The zero-order valence-corrected chi connectivity index (χ0v) is 17.8. The number of carbonyl (C=O) groups is 2. The molecule has 2 heterocycles. The maximum absolute atomic E-state index is 12.9. The van der Waals surface area contributed by atoms with E-state index in [-0.39, 0.29) is 24.5 Å². The van der Waals surface area contributed by atoms with Gasteiger partial charge in [0, 0.05) is 31.4 Å². The van der Waals surface area contributed by atoms with Crippen molar-refractivity contribution in [3.05, 3.63) is 58.7 Å². The lowest BCUT2D eigenvalue weighted by Crippen LogP contribution is -2.30. The topological polar surface area (TPSA) is 89.7 Å². The number of nitrogens with zero attached hydrogens (tertiary/aromatic N) is 5. The molecule has 0 unspecified atom stereocenters. The highest BCUT2D eigenvalue weighted by atomic mass is 19.4. The van der Waals surface area contributed by atoms with E-state index in [9.17, 15) is 22.8 Å². The highest BCUT2D eigenvalue weighted by Crippen LogP contribution is 2.27. The number of halogens is 3. The standard InChI is InChI=1S/C21H22F3N5O3/c1-13-16(14(2)29-20(25-13)26-19(27-29)21(22,23)24)9-10-18(31)32-12-17(30)28(3)11-15-7-5-4-6-8-15/h4-8H,9-12H2,1-3H3. The Labute approximate surface area is 182 Å². The fraction of sp³-hybridized carbons (Fsp3) is 0.381. The first-order valence-corrected chi connectivity index (χ1v) is 9.80. The molecule has 11 heteroatoms. The molecule has 0 N–H and O–H groups in total. The van der Waals surface area contributed by atoms with Crippen LogP contribution in [0.1, 0.15) is 34.8 Å². The summed E-state index contributed by atoms with van der Waals surface area (Å²) >= 11 is 0. The monoisotopic (exact) mass is 449 g/mol. The largest absolute Gasteiger partial charge is 0.456 e. The van der Waals surface area contributed by atoms with Crippen LogP contribution in [-0.4, -0.2) is 50.0 Å². The number of hydrogen-bond acceptors (Lipinski definition) is 6. The van der Waals surface area contributed by atoms with Crippen molar-refractivity contribution in [3.8, 4) is 0 Å². The molecule has 0 aliphatic carbocycles. The van der Waals surface area contributed by atoms with E-state index >= 15 is 0 Å². The van der Waals surface area contributed by atoms with Crippen molar-refractivity contribution in [1.29, 1.82) is 0 Å². The highest BCUT2D eigenvalue weighted by Gasteiger charge is 2.37. The summed E-state index contributed by atoms with van der Waals surface area (Å²) in [5.74, 6) is -2.38. The number of aryl methyl sites for hydroxylation is 2. The van der Waals surface area contributed by atoms with Gasteiger partial charge in [0.05, 0.1) is 0 Å². The molecule has 0 aliphatic rings. The summed E-state index contributed by atoms with van der Waals surface area (Å²) in [4.78, 5) is 33.3. The van der Waals surface area contributed by atoms with Crippen molar-refractivity contribution >= 4 is 17.7 Å². The number of alkyl halides is 3. The van der Waals surface area contributed by atoms with Gasteiger partial charge in [-0.2, -0.15) is 18.2 Å². The number of esters is 1. The summed E-state index contributed by atoms with van der Waals surface area (Å²) in [6.07, 6.45) is -4.57. The Morgan fingerprint density at radius 3 is 2.47 bits per heavy atom. The van der Waals surface area contributed by atoms with E-state index in [4.69, 9.17) is 4.74 Å². The van der Waals surface area contributed by atoms with Gasteiger partial charge in [0.1, 0.15) is 0 Å². The third-order valence-electron chi connectivity index (χ3n) is 4.93. The van der Waals surface area contributed by atoms with Crippen LogP contribution in [0.15, 0.2) is 30.3 Å². The number of fused-ring (bicyclic) bond motifs is 1. The lowest BCUT2D eigenvalue weighted by Gasteiger charge is -2.17. The molecule has 0 fully saturated rings. The predicted octanol–water partition coefficient (Wildman–Crippen LogP) is 2.89. The molecule has 1 aromatic carbocycles.